The van der Waals surface area contributed by atoms with Gasteiger partial charge in [-0.25, -0.2) is 4.52 Å². The van der Waals surface area contributed by atoms with Crippen LogP contribution in [-0.2, 0) is 0 Å². The quantitative estimate of drug-likeness (QED) is 0.612. The van der Waals surface area contributed by atoms with Crippen LogP contribution in [0.4, 0.5) is 5.95 Å². The summed E-state index contributed by atoms with van der Waals surface area (Å²) >= 11 is 0. The Morgan fingerprint density at radius 1 is 1.33 bits per heavy atom. The molecule has 0 bridgehead atoms. The lowest BCUT2D eigenvalue weighted by Crippen LogP contribution is -1.87. The SMILES string of the molecule is Nc1noc(-c2cnn3ccncc23)n1. The summed E-state index contributed by atoms with van der Waals surface area (Å²) in [6.07, 6.45) is 6.68. The summed E-state index contributed by atoms with van der Waals surface area (Å²) in [5.41, 5.74) is 6.88. The Bertz CT molecular complexity index is 612. The highest BCUT2D eigenvalue weighted by Gasteiger charge is 2.12. The maximum atomic E-state index is 5.37. The second kappa shape index (κ2) is 2.77. The van der Waals surface area contributed by atoms with Gasteiger partial charge in [-0.15, -0.1) is 0 Å². The van der Waals surface area contributed by atoms with Gasteiger partial charge in [0.2, 0.25) is 0 Å². The van der Waals surface area contributed by atoms with E-state index in [1.807, 2.05) is 0 Å². The van der Waals surface area contributed by atoms with Gasteiger partial charge in [-0.3, -0.25) is 4.98 Å². The Labute approximate surface area is 83.5 Å². The molecule has 0 amide bonds. The third-order valence-corrected chi connectivity index (χ3v) is 2.00. The van der Waals surface area contributed by atoms with Crippen molar-refractivity contribution in [3.63, 3.8) is 0 Å². The minimum absolute atomic E-state index is 0.105. The van der Waals surface area contributed by atoms with E-state index in [9.17, 15) is 0 Å². The number of fused-ring (bicyclic) bond motifs is 1. The van der Waals surface area contributed by atoms with Gasteiger partial charge in [0.1, 0.15) is 0 Å². The first-order chi connectivity index (χ1) is 7.34. The average molecular weight is 202 g/mol. The van der Waals surface area contributed by atoms with Gasteiger partial charge in [0.25, 0.3) is 11.8 Å². The van der Waals surface area contributed by atoms with E-state index in [-0.39, 0.29) is 5.95 Å². The van der Waals surface area contributed by atoms with Gasteiger partial charge < -0.3 is 10.3 Å². The van der Waals surface area contributed by atoms with Gasteiger partial charge in [0, 0.05) is 12.4 Å². The summed E-state index contributed by atoms with van der Waals surface area (Å²) in [7, 11) is 0. The number of hydrogen-bond acceptors (Lipinski definition) is 6. The monoisotopic (exact) mass is 202 g/mol. The molecule has 0 aromatic carbocycles. The minimum Gasteiger partial charge on any atom is -0.365 e. The molecule has 7 nitrogen and oxygen atoms in total. The maximum Gasteiger partial charge on any atom is 0.263 e. The highest BCUT2D eigenvalue weighted by molar-refractivity contribution is 5.73. The van der Waals surface area contributed by atoms with Crippen molar-refractivity contribution in [1.82, 2.24) is 24.7 Å². The van der Waals surface area contributed by atoms with Crippen molar-refractivity contribution >= 4 is 11.5 Å². The van der Waals surface area contributed by atoms with E-state index < -0.39 is 0 Å². The number of nitrogens with two attached hydrogens (primary N) is 1. The summed E-state index contributed by atoms with van der Waals surface area (Å²) in [6.45, 7) is 0. The number of nitrogens with zero attached hydrogens (tertiary/aromatic N) is 5. The molecule has 0 atom stereocenters. The Morgan fingerprint density at radius 2 is 2.27 bits per heavy atom. The van der Waals surface area contributed by atoms with Crippen LogP contribution < -0.4 is 5.73 Å². The van der Waals surface area contributed by atoms with E-state index in [1.54, 1.807) is 29.3 Å². The molecule has 0 aliphatic heterocycles. The van der Waals surface area contributed by atoms with Crippen LogP contribution in [0.3, 0.4) is 0 Å². The van der Waals surface area contributed by atoms with Crippen LogP contribution in [0.5, 0.6) is 0 Å². The molecular weight excluding hydrogens is 196 g/mol. The van der Waals surface area contributed by atoms with Gasteiger partial charge in [-0.1, -0.05) is 0 Å². The highest BCUT2D eigenvalue weighted by Crippen LogP contribution is 2.21. The van der Waals surface area contributed by atoms with Crippen LogP contribution in [0.1, 0.15) is 0 Å². The van der Waals surface area contributed by atoms with Crippen LogP contribution in [0.15, 0.2) is 29.3 Å². The van der Waals surface area contributed by atoms with E-state index in [1.165, 1.54) is 0 Å². The largest absolute Gasteiger partial charge is 0.365 e. The summed E-state index contributed by atoms with van der Waals surface area (Å²) < 4.78 is 6.62. The molecule has 74 valence electrons. The fourth-order valence-electron chi connectivity index (χ4n) is 1.34. The van der Waals surface area contributed by atoms with Crippen LogP contribution in [0, 0.1) is 0 Å². The summed E-state index contributed by atoms with van der Waals surface area (Å²) in [4.78, 5) is 7.92. The Hall–Kier alpha value is -2.44. The molecule has 15 heavy (non-hydrogen) atoms. The zero-order valence-corrected chi connectivity index (χ0v) is 7.53. The molecule has 0 radical (unpaired) electrons. The summed E-state index contributed by atoms with van der Waals surface area (Å²) in [5.74, 6) is 0.448. The van der Waals surface area contributed by atoms with Gasteiger partial charge in [-0.2, -0.15) is 10.1 Å². The van der Waals surface area contributed by atoms with Gasteiger partial charge >= 0.3 is 0 Å². The van der Waals surface area contributed by atoms with E-state index >= 15 is 0 Å². The molecule has 0 unspecified atom stereocenters. The van der Waals surface area contributed by atoms with Crippen molar-refractivity contribution in [1.29, 1.82) is 0 Å². The van der Waals surface area contributed by atoms with Crippen molar-refractivity contribution in [3.05, 3.63) is 24.8 Å². The fourth-order valence-corrected chi connectivity index (χ4v) is 1.34. The first-order valence-electron chi connectivity index (χ1n) is 4.21. The molecule has 3 rings (SSSR count). The number of hydrogen-bond donors (Lipinski definition) is 1. The number of aromatic nitrogens is 5. The smallest absolute Gasteiger partial charge is 0.263 e. The molecule has 3 aromatic heterocycles. The van der Waals surface area contributed by atoms with Crippen LogP contribution in [0.2, 0.25) is 0 Å². The van der Waals surface area contributed by atoms with Crippen LogP contribution in [0.25, 0.3) is 17.0 Å². The predicted octanol–water partition coefficient (Wildman–Crippen LogP) is 0.361. The average Bonchev–Trinajstić information content (AvgIpc) is 2.83. The van der Waals surface area contributed by atoms with Crippen LogP contribution in [-0.4, -0.2) is 24.7 Å². The molecule has 7 heteroatoms. The summed E-state index contributed by atoms with van der Waals surface area (Å²) in [5, 5.41) is 7.63. The third-order valence-electron chi connectivity index (χ3n) is 2.00. The van der Waals surface area contributed by atoms with E-state index in [4.69, 9.17) is 10.3 Å². The molecule has 0 spiro atoms. The molecule has 0 saturated carbocycles. The topological polar surface area (TPSA) is 95.1 Å². The molecule has 3 heterocycles. The van der Waals surface area contributed by atoms with Crippen molar-refractivity contribution in [2.45, 2.75) is 0 Å². The lowest BCUT2D eigenvalue weighted by Gasteiger charge is -1.91. The number of nitrogen functional groups attached to an aromatic ring is 1. The standard InChI is InChI=1S/C8H6N6O/c9-8-12-7(15-13-8)5-3-11-14-2-1-10-4-6(5)14/h1-4H,(H2,9,13). The van der Waals surface area contributed by atoms with E-state index in [2.05, 4.69) is 20.2 Å². The molecule has 3 aromatic rings. The van der Waals surface area contributed by atoms with Gasteiger partial charge in [-0.05, 0) is 5.16 Å². The normalized spacial score (nSPS) is 10.9. The zero-order chi connectivity index (χ0) is 10.3. The van der Waals surface area contributed by atoms with E-state index in [0.29, 0.717) is 11.5 Å². The number of anilines is 1. The first-order valence-corrected chi connectivity index (χ1v) is 4.21. The van der Waals surface area contributed by atoms with Gasteiger partial charge in [0.05, 0.1) is 23.5 Å². The zero-order valence-electron chi connectivity index (χ0n) is 7.53. The molecular formula is C8H6N6O. The molecule has 0 saturated heterocycles. The lowest BCUT2D eigenvalue weighted by molar-refractivity contribution is 0.433. The van der Waals surface area contributed by atoms with Crippen molar-refractivity contribution in [2.24, 2.45) is 0 Å². The van der Waals surface area contributed by atoms with E-state index in [0.717, 1.165) is 5.52 Å². The predicted molar refractivity (Wildman–Crippen MR) is 50.7 cm³/mol. The molecule has 0 aliphatic rings. The second-order valence-corrected chi connectivity index (χ2v) is 2.92. The molecule has 0 aliphatic carbocycles. The van der Waals surface area contributed by atoms with Gasteiger partial charge in [0.15, 0.2) is 0 Å². The van der Waals surface area contributed by atoms with Crippen LogP contribution >= 0.6 is 0 Å². The Morgan fingerprint density at radius 3 is 3.07 bits per heavy atom. The highest BCUT2D eigenvalue weighted by atomic mass is 16.5. The molecule has 0 fully saturated rings. The first kappa shape index (κ1) is 7.92. The number of rotatable bonds is 1. The Balaban J connectivity index is 2.27. The fraction of sp³-hybridized carbons (Fsp3) is 0. The molecule has 2 N–H and O–H groups in total. The second-order valence-electron chi connectivity index (χ2n) is 2.92. The van der Waals surface area contributed by atoms with Crippen molar-refractivity contribution in [2.75, 3.05) is 5.73 Å². The lowest BCUT2D eigenvalue weighted by atomic mass is 10.3. The maximum absolute atomic E-state index is 5.37. The summed E-state index contributed by atoms with van der Waals surface area (Å²) in [6, 6.07) is 0. The minimum atomic E-state index is 0.105. The third kappa shape index (κ3) is 1.13. The van der Waals surface area contributed by atoms with Crippen molar-refractivity contribution < 1.29 is 4.52 Å². The Kier molecular flexibility index (Phi) is 1.46. The van der Waals surface area contributed by atoms with Crippen molar-refractivity contribution in [3.8, 4) is 11.5 Å².